The summed E-state index contributed by atoms with van der Waals surface area (Å²) in [7, 11) is 0. The summed E-state index contributed by atoms with van der Waals surface area (Å²) in [5, 5.41) is 4.46. The second-order valence-corrected chi connectivity index (χ2v) is 4.32. The van der Waals surface area contributed by atoms with Gasteiger partial charge in [-0.25, -0.2) is 9.07 Å². The second-order valence-electron chi connectivity index (χ2n) is 4.32. The fraction of sp³-hybridized carbons (Fsp3) is 0.308. The van der Waals surface area contributed by atoms with E-state index in [1.807, 2.05) is 12.3 Å². The first kappa shape index (κ1) is 11.8. The molecule has 0 bridgehead atoms. The Hall–Kier alpha value is -1.68. The van der Waals surface area contributed by atoms with Crippen LogP contribution in [0.2, 0.25) is 0 Å². The maximum absolute atomic E-state index is 13.1. The minimum atomic E-state index is -0.273. The quantitative estimate of drug-likeness (QED) is 0.885. The van der Waals surface area contributed by atoms with E-state index in [0.717, 1.165) is 16.9 Å². The number of aromatic nitrogens is 2. The van der Waals surface area contributed by atoms with Gasteiger partial charge in [-0.1, -0.05) is 13.8 Å². The van der Waals surface area contributed by atoms with Crippen molar-refractivity contribution in [2.45, 2.75) is 26.3 Å². The maximum atomic E-state index is 13.1. The van der Waals surface area contributed by atoms with E-state index in [0.29, 0.717) is 12.5 Å². The van der Waals surface area contributed by atoms with E-state index in [-0.39, 0.29) is 5.82 Å². The molecule has 0 amide bonds. The zero-order chi connectivity index (χ0) is 12.4. The normalized spacial score (nSPS) is 11.1. The number of hydrogen-bond donors (Lipinski definition) is 1. The van der Waals surface area contributed by atoms with Gasteiger partial charge in [0, 0.05) is 12.7 Å². The van der Waals surface area contributed by atoms with Crippen LogP contribution < -0.4 is 5.73 Å². The first-order valence-corrected chi connectivity index (χ1v) is 5.66. The first-order valence-electron chi connectivity index (χ1n) is 5.66. The van der Waals surface area contributed by atoms with E-state index < -0.39 is 0 Å². The Balaban J connectivity index is 2.44. The number of rotatable bonds is 3. The Morgan fingerprint density at radius 3 is 2.71 bits per heavy atom. The number of hydrogen-bond acceptors (Lipinski definition) is 2. The third-order valence-corrected chi connectivity index (χ3v) is 2.71. The molecule has 0 aliphatic carbocycles. The molecule has 0 saturated heterocycles. The number of benzene rings is 1. The molecule has 0 fully saturated rings. The summed E-state index contributed by atoms with van der Waals surface area (Å²) in [6.07, 6.45) is 1.88. The summed E-state index contributed by atoms with van der Waals surface area (Å²) in [5.74, 6) is 0.100. The summed E-state index contributed by atoms with van der Waals surface area (Å²) >= 11 is 0. The Labute approximate surface area is 100 Å². The lowest BCUT2D eigenvalue weighted by Crippen LogP contribution is -2.06. The molecule has 0 atom stereocenters. The van der Waals surface area contributed by atoms with Gasteiger partial charge in [-0.2, -0.15) is 5.10 Å². The third-order valence-electron chi connectivity index (χ3n) is 2.71. The summed E-state index contributed by atoms with van der Waals surface area (Å²) in [4.78, 5) is 0. The number of nitrogens with two attached hydrogens (primary N) is 1. The topological polar surface area (TPSA) is 43.8 Å². The van der Waals surface area contributed by atoms with Gasteiger partial charge in [0.05, 0.1) is 11.4 Å². The molecule has 0 aliphatic rings. The van der Waals surface area contributed by atoms with Crippen molar-refractivity contribution in [2.75, 3.05) is 0 Å². The third kappa shape index (κ3) is 2.36. The summed E-state index contributed by atoms with van der Waals surface area (Å²) in [6.45, 7) is 4.46. The molecule has 0 radical (unpaired) electrons. The molecular formula is C13H16FN3. The molecule has 2 N–H and O–H groups in total. The highest BCUT2D eigenvalue weighted by Crippen LogP contribution is 2.18. The SMILES string of the molecule is CC(C)c1ccn(-c2ccc(F)cc2CN)n1. The van der Waals surface area contributed by atoms with Crippen molar-refractivity contribution in [3.8, 4) is 5.69 Å². The molecule has 0 aliphatic heterocycles. The minimum absolute atomic E-state index is 0.273. The Bertz CT molecular complexity index is 517. The van der Waals surface area contributed by atoms with Crippen molar-refractivity contribution in [1.29, 1.82) is 0 Å². The maximum Gasteiger partial charge on any atom is 0.123 e. The molecule has 17 heavy (non-hydrogen) atoms. The molecule has 3 nitrogen and oxygen atoms in total. The standard InChI is InChI=1S/C13H16FN3/c1-9(2)12-5-6-17(16-12)13-4-3-11(14)7-10(13)8-15/h3-7,9H,8,15H2,1-2H3. The monoisotopic (exact) mass is 233 g/mol. The largest absolute Gasteiger partial charge is 0.326 e. The molecule has 2 aromatic rings. The lowest BCUT2D eigenvalue weighted by molar-refractivity contribution is 0.624. The predicted molar refractivity (Wildman–Crippen MR) is 65.5 cm³/mol. The summed E-state index contributed by atoms with van der Waals surface area (Å²) in [5.41, 5.74) is 8.21. The fourth-order valence-electron chi connectivity index (χ4n) is 1.72. The zero-order valence-corrected chi connectivity index (χ0v) is 10.0. The second kappa shape index (κ2) is 4.67. The van der Waals surface area contributed by atoms with Gasteiger partial charge in [-0.15, -0.1) is 0 Å². The lowest BCUT2D eigenvalue weighted by Gasteiger charge is -2.08. The molecule has 90 valence electrons. The number of nitrogens with zero attached hydrogens (tertiary/aromatic N) is 2. The van der Waals surface area contributed by atoms with Gasteiger partial charge in [0.25, 0.3) is 0 Å². The van der Waals surface area contributed by atoms with Crippen LogP contribution in [0.1, 0.15) is 31.0 Å². The molecule has 0 unspecified atom stereocenters. The van der Waals surface area contributed by atoms with Crippen molar-refractivity contribution < 1.29 is 4.39 Å². The van der Waals surface area contributed by atoms with Crippen molar-refractivity contribution >= 4 is 0 Å². The average Bonchev–Trinajstić information content (AvgIpc) is 2.78. The minimum Gasteiger partial charge on any atom is -0.326 e. The van der Waals surface area contributed by atoms with Gasteiger partial charge in [-0.05, 0) is 35.7 Å². The van der Waals surface area contributed by atoms with Crippen LogP contribution in [0.3, 0.4) is 0 Å². The van der Waals surface area contributed by atoms with Crippen LogP contribution in [0.5, 0.6) is 0 Å². The molecule has 1 aromatic heterocycles. The molecular weight excluding hydrogens is 217 g/mol. The number of halogens is 1. The summed E-state index contributed by atoms with van der Waals surface area (Å²) < 4.78 is 14.8. The smallest absolute Gasteiger partial charge is 0.123 e. The Kier molecular flexibility index (Phi) is 3.24. The van der Waals surface area contributed by atoms with Crippen LogP contribution in [0, 0.1) is 5.82 Å². The van der Waals surface area contributed by atoms with Crippen LogP contribution in [0.25, 0.3) is 5.69 Å². The molecule has 0 saturated carbocycles. The first-order chi connectivity index (χ1) is 8.11. The Morgan fingerprint density at radius 2 is 2.12 bits per heavy atom. The van der Waals surface area contributed by atoms with Gasteiger partial charge in [0.15, 0.2) is 0 Å². The van der Waals surface area contributed by atoms with Gasteiger partial charge >= 0.3 is 0 Å². The highest BCUT2D eigenvalue weighted by Gasteiger charge is 2.08. The van der Waals surface area contributed by atoms with Crippen LogP contribution in [0.15, 0.2) is 30.5 Å². The van der Waals surface area contributed by atoms with Gasteiger partial charge < -0.3 is 5.73 Å². The van der Waals surface area contributed by atoms with Crippen LogP contribution in [-0.2, 0) is 6.54 Å². The van der Waals surface area contributed by atoms with Crippen molar-refractivity contribution in [1.82, 2.24) is 9.78 Å². The van der Waals surface area contributed by atoms with Crippen LogP contribution in [-0.4, -0.2) is 9.78 Å². The van der Waals surface area contributed by atoms with E-state index in [4.69, 9.17) is 5.73 Å². The molecule has 2 rings (SSSR count). The fourth-order valence-corrected chi connectivity index (χ4v) is 1.72. The molecule has 0 spiro atoms. The van der Waals surface area contributed by atoms with E-state index >= 15 is 0 Å². The van der Waals surface area contributed by atoms with Gasteiger partial charge in [-0.3, -0.25) is 0 Å². The molecule has 1 heterocycles. The highest BCUT2D eigenvalue weighted by molar-refractivity contribution is 5.40. The van der Waals surface area contributed by atoms with Crippen molar-refractivity contribution in [3.63, 3.8) is 0 Å². The predicted octanol–water partition coefficient (Wildman–Crippen LogP) is 2.59. The van der Waals surface area contributed by atoms with Crippen molar-refractivity contribution in [2.24, 2.45) is 5.73 Å². The highest BCUT2D eigenvalue weighted by atomic mass is 19.1. The molecule has 1 aromatic carbocycles. The van der Waals surface area contributed by atoms with E-state index in [2.05, 4.69) is 18.9 Å². The van der Waals surface area contributed by atoms with Gasteiger partial charge in [0.1, 0.15) is 5.82 Å². The average molecular weight is 233 g/mol. The van der Waals surface area contributed by atoms with Crippen molar-refractivity contribution in [3.05, 3.63) is 47.5 Å². The van der Waals surface area contributed by atoms with E-state index in [1.54, 1.807) is 10.7 Å². The van der Waals surface area contributed by atoms with Crippen LogP contribution in [0.4, 0.5) is 4.39 Å². The van der Waals surface area contributed by atoms with Crippen LogP contribution >= 0.6 is 0 Å². The summed E-state index contributed by atoms with van der Waals surface area (Å²) in [6, 6.07) is 6.54. The van der Waals surface area contributed by atoms with E-state index in [1.165, 1.54) is 12.1 Å². The van der Waals surface area contributed by atoms with Gasteiger partial charge in [0.2, 0.25) is 0 Å². The Morgan fingerprint density at radius 1 is 1.35 bits per heavy atom. The van der Waals surface area contributed by atoms with E-state index in [9.17, 15) is 4.39 Å². The molecule has 4 heteroatoms. The lowest BCUT2D eigenvalue weighted by atomic mass is 10.1. The zero-order valence-electron chi connectivity index (χ0n) is 10.0.